The molecule has 0 aliphatic rings. The lowest BCUT2D eigenvalue weighted by atomic mass is 10.0. The fourth-order valence-corrected chi connectivity index (χ4v) is 13.6. The van der Waals surface area contributed by atoms with Crippen LogP contribution in [0.1, 0.15) is 483 Å². The molecule has 0 aromatic carbocycles. The minimum absolute atomic E-state index is 0.0166. The maximum absolute atomic E-state index is 12.6. The van der Waals surface area contributed by atoms with Gasteiger partial charge >= 0.3 is 5.97 Å². The van der Waals surface area contributed by atoms with Crippen LogP contribution in [0.4, 0.5) is 0 Å². The Morgan fingerprint density at radius 3 is 0.780 bits per heavy atom. The van der Waals surface area contributed by atoms with Crippen LogP contribution in [0, 0.1) is 0 Å². The van der Waals surface area contributed by atoms with E-state index in [0.717, 1.165) is 44.9 Å². The molecule has 0 saturated heterocycles. The molecule has 0 rings (SSSR count). The second kappa shape index (κ2) is 80.8. The molecule has 0 aliphatic heterocycles. The minimum Gasteiger partial charge on any atom is -0.466 e. The molecule has 540 valence electrons. The highest BCUT2D eigenvalue weighted by Crippen LogP contribution is 2.20. The second-order valence-electron chi connectivity index (χ2n) is 29.2. The van der Waals surface area contributed by atoms with E-state index in [4.69, 9.17) is 4.74 Å². The van der Waals surface area contributed by atoms with Crippen molar-refractivity contribution in [2.24, 2.45) is 0 Å². The highest BCUT2D eigenvalue weighted by molar-refractivity contribution is 5.76. The quantitative estimate of drug-likeness (QED) is 0.0320. The Balaban J connectivity index is 3.35. The zero-order valence-electron chi connectivity index (χ0n) is 62.1. The first-order valence-electron chi connectivity index (χ1n) is 42.1. The first-order chi connectivity index (χ1) is 45.0. The number of rotatable bonds is 80. The normalized spacial score (nSPS) is 12.5. The van der Waals surface area contributed by atoms with Gasteiger partial charge in [0.2, 0.25) is 5.91 Å². The highest BCUT2D eigenvalue weighted by atomic mass is 16.5. The number of carbonyl (C=O) groups is 2. The molecule has 0 aromatic rings. The number of ether oxygens (including phenoxy) is 1. The monoisotopic (exact) mass is 1280 g/mol. The van der Waals surface area contributed by atoms with Gasteiger partial charge in [-0.15, -0.1) is 0 Å². The molecule has 3 N–H and O–H groups in total. The summed E-state index contributed by atoms with van der Waals surface area (Å²) in [5.74, 6) is -0.00917. The molecule has 0 aliphatic carbocycles. The van der Waals surface area contributed by atoms with Gasteiger partial charge in [-0.25, -0.2) is 0 Å². The average molecular weight is 1280 g/mol. The molecular formula is C85H165NO5. The van der Waals surface area contributed by atoms with Crippen molar-refractivity contribution in [1.82, 2.24) is 5.32 Å². The lowest BCUT2D eigenvalue weighted by Crippen LogP contribution is -2.45. The van der Waals surface area contributed by atoms with Crippen molar-refractivity contribution in [3.8, 4) is 0 Å². The summed E-state index contributed by atoms with van der Waals surface area (Å²) in [6, 6.07) is -0.540. The molecule has 0 aromatic heterocycles. The van der Waals surface area contributed by atoms with Gasteiger partial charge in [0.15, 0.2) is 0 Å². The summed E-state index contributed by atoms with van der Waals surface area (Å²) in [7, 11) is 0. The smallest absolute Gasteiger partial charge is 0.305 e. The van der Waals surface area contributed by atoms with E-state index in [1.807, 2.05) is 0 Å². The molecule has 6 nitrogen and oxygen atoms in total. The summed E-state index contributed by atoms with van der Waals surface area (Å²) in [5.41, 5.74) is 0. The number of amides is 1. The standard InChI is InChI=1S/C85H165NO5/c1-3-5-7-9-11-13-15-17-19-21-22-23-24-36-39-42-46-49-53-57-61-65-69-73-77-83(88)82(81-87)86-84(89)78-74-70-66-62-58-54-50-47-43-40-37-34-32-30-28-26-25-27-29-31-33-35-38-41-44-48-52-56-60-64-68-72-76-80-91-85(90)79-75-71-67-63-59-55-51-45-20-18-16-14-12-10-8-6-4-2/h18,20,29,31,82-83,87-88H,3-17,19,21-28,30,32-81H2,1-2H3,(H,86,89)/b20-18-,31-29-. The minimum atomic E-state index is -0.664. The third-order valence-electron chi connectivity index (χ3n) is 20.0. The zero-order chi connectivity index (χ0) is 65.6. The van der Waals surface area contributed by atoms with Crippen LogP contribution < -0.4 is 5.32 Å². The van der Waals surface area contributed by atoms with Crippen molar-refractivity contribution in [3.05, 3.63) is 24.3 Å². The molecule has 1 amide bonds. The molecule has 0 heterocycles. The number of nitrogens with one attached hydrogen (secondary N) is 1. The maximum atomic E-state index is 12.6. The molecule has 2 atom stereocenters. The molecule has 0 saturated carbocycles. The lowest BCUT2D eigenvalue weighted by molar-refractivity contribution is -0.143. The van der Waals surface area contributed by atoms with Gasteiger partial charge in [0.1, 0.15) is 0 Å². The largest absolute Gasteiger partial charge is 0.466 e. The third kappa shape index (κ3) is 77.2. The summed E-state index contributed by atoms with van der Waals surface area (Å²) in [5, 5.41) is 23.5. The van der Waals surface area contributed by atoms with Crippen LogP contribution in [-0.4, -0.2) is 47.4 Å². The first kappa shape index (κ1) is 89.3. The van der Waals surface area contributed by atoms with Crippen molar-refractivity contribution in [2.45, 2.75) is 495 Å². The summed E-state index contributed by atoms with van der Waals surface area (Å²) < 4.78 is 5.51. The van der Waals surface area contributed by atoms with Gasteiger partial charge in [-0.05, 0) is 77.0 Å². The molecule has 0 spiro atoms. The Hall–Kier alpha value is -1.66. The van der Waals surface area contributed by atoms with Crippen molar-refractivity contribution in [3.63, 3.8) is 0 Å². The van der Waals surface area contributed by atoms with Gasteiger partial charge in [-0.3, -0.25) is 9.59 Å². The number of unbranched alkanes of at least 4 members (excludes halogenated alkanes) is 65. The van der Waals surface area contributed by atoms with Crippen LogP contribution in [-0.2, 0) is 14.3 Å². The Kier molecular flexibility index (Phi) is 79.3. The van der Waals surface area contributed by atoms with E-state index in [1.165, 1.54) is 405 Å². The van der Waals surface area contributed by atoms with Gasteiger partial charge < -0.3 is 20.3 Å². The number of aliphatic hydroxyl groups excluding tert-OH is 2. The summed E-state index contributed by atoms with van der Waals surface area (Å²) in [6.07, 6.45) is 104. The second-order valence-corrected chi connectivity index (χ2v) is 29.2. The Bertz CT molecular complexity index is 1430. The Morgan fingerprint density at radius 2 is 0.516 bits per heavy atom. The van der Waals surface area contributed by atoms with Gasteiger partial charge in [0.05, 0.1) is 25.4 Å². The average Bonchev–Trinajstić information content (AvgIpc) is 3.73. The van der Waals surface area contributed by atoms with Gasteiger partial charge in [-0.2, -0.15) is 0 Å². The van der Waals surface area contributed by atoms with E-state index in [0.29, 0.717) is 25.9 Å². The van der Waals surface area contributed by atoms with Gasteiger partial charge in [0.25, 0.3) is 0 Å². The molecule has 0 bridgehead atoms. The number of carbonyl (C=O) groups excluding carboxylic acids is 2. The highest BCUT2D eigenvalue weighted by Gasteiger charge is 2.20. The maximum Gasteiger partial charge on any atom is 0.305 e. The molecule has 91 heavy (non-hydrogen) atoms. The topological polar surface area (TPSA) is 95.9 Å². The number of aliphatic hydroxyl groups is 2. The number of esters is 1. The van der Waals surface area contributed by atoms with Crippen LogP contribution in [0.15, 0.2) is 24.3 Å². The van der Waals surface area contributed by atoms with Crippen LogP contribution in [0.25, 0.3) is 0 Å². The predicted molar refractivity (Wildman–Crippen MR) is 403 cm³/mol. The fraction of sp³-hybridized carbons (Fsp3) is 0.929. The van der Waals surface area contributed by atoms with Crippen LogP contribution in [0.5, 0.6) is 0 Å². The number of hydrogen-bond acceptors (Lipinski definition) is 5. The Morgan fingerprint density at radius 1 is 0.297 bits per heavy atom. The summed E-state index contributed by atoms with van der Waals surface area (Å²) >= 11 is 0. The van der Waals surface area contributed by atoms with Crippen LogP contribution in [0.2, 0.25) is 0 Å². The van der Waals surface area contributed by atoms with Crippen molar-refractivity contribution in [1.29, 1.82) is 0 Å². The lowest BCUT2D eigenvalue weighted by Gasteiger charge is -2.22. The predicted octanol–water partition coefficient (Wildman–Crippen LogP) is 28.0. The van der Waals surface area contributed by atoms with E-state index in [2.05, 4.69) is 43.5 Å². The van der Waals surface area contributed by atoms with Gasteiger partial charge in [0, 0.05) is 12.8 Å². The van der Waals surface area contributed by atoms with Crippen molar-refractivity contribution in [2.75, 3.05) is 13.2 Å². The first-order valence-corrected chi connectivity index (χ1v) is 42.1. The third-order valence-corrected chi connectivity index (χ3v) is 20.0. The SMILES string of the molecule is CCCCCCCC/C=C\CCCCCCCCCC(=O)OCCCCCCCCCCCCCC/C=C\CCCCCCCCCCCCCCCCCCCC(=O)NC(CO)C(O)CCCCCCCCCCCCCCCCCCCCCCCCCC. The van der Waals surface area contributed by atoms with E-state index < -0.39 is 12.1 Å². The fourth-order valence-electron chi connectivity index (χ4n) is 13.6. The zero-order valence-corrected chi connectivity index (χ0v) is 62.1. The van der Waals surface area contributed by atoms with Gasteiger partial charge in [-0.1, -0.05) is 417 Å². The Labute approximate surface area is 571 Å². The number of hydrogen-bond donors (Lipinski definition) is 3. The van der Waals surface area contributed by atoms with E-state index >= 15 is 0 Å². The molecule has 0 fully saturated rings. The molecule has 6 heteroatoms. The molecule has 0 radical (unpaired) electrons. The summed E-state index contributed by atoms with van der Waals surface area (Å²) in [4.78, 5) is 24.7. The summed E-state index contributed by atoms with van der Waals surface area (Å²) in [6.45, 7) is 5.01. The van der Waals surface area contributed by atoms with Crippen LogP contribution in [0.3, 0.4) is 0 Å². The van der Waals surface area contributed by atoms with Crippen molar-refractivity contribution >= 4 is 11.9 Å². The van der Waals surface area contributed by atoms with E-state index in [9.17, 15) is 19.8 Å². The van der Waals surface area contributed by atoms with E-state index in [-0.39, 0.29) is 18.5 Å². The van der Waals surface area contributed by atoms with Crippen LogP contribution >= 0.6 is 0 Å². The van der Waals surface area contributed by atoms with Crippen molar-refractivity contribution < 1.29 is 24.5 Å². The number of allylic oxidation sites excluding steroid dienone is 4. The molecular weight excluding hydrogens is 1110 g/mol. The molecule has 2 unspecified atom stereocenters. The van der Waals surface area contributed by atoms with E-state index in [1.54, 1.807) is 0 Å².